The zero-order valence-electron chi connectivity index (χ0n) is 15.7. The molecule has 1 N–H and O–H groups in total. The summed E-state index contributed by atoms with van der Waals surface area (Å²) in [4.78, 5) is 17.2. The molecule has 5 nitrogen and oxygen atoms in total. The van der Waals surface area contributed by atoms with Crippen molar-refractivity contribution in [2.24, 2.45) is 0 Å². The highest BCUT2D eigenvalue weighted by Gasteiger charge is 2.39. The molecule has 0 aromatic heterocycles. The van der Waals surface area contributed by atoms with Crippen LogP contribution in [0.25, 0.3) is 0 Å². The molecule has 2 atom stereocenters. The smallest absolute Gasteiger partial charge is 0.410 e. The van der Waals surface area contributed by atoms with E-state index >= 15 is 0 Å². The Labute approximate surface area is 151 Å². The highest BCUT2D eigenvalue weighted by molar-refractivity contribution is 5.69. The number of hydrogen-bond acceptors (Lipinski definition) is 4. The van der Waals surface area contributed by atoms with E-state index in [9.17, 15) is 4.79 Å². The zero-order valence-corrected chi connectivity index (χ0v) is 15.7. The Kier molecular flexibility index (Phi) is 5.64. The van der Waals surface area contributed by atoms with Crippen molar-refractivity contribution in [1.82, 2.24) is 15.1 Å². The van der Waals surface area contributed by atoms with Gasteiger partial charge in [-0.05, 0) is 45.7 Å². The third kappa shape index (κ3) is 4.73. The summed E-state index contributed by atoms with van der Waals surface area (Å²) in [7, 11) is 0. The van der Waals surface area contributed by atoms with Crippen molar-refractivity contribution in [3.63, 3.8) is 0 Å². The van der Waals surface area contributed by atoms with Gasteiger partial charge < -0.3 is 15.0 Å². The van der Waals surface area contributed by atoms with Crippen LogP contribution in [0.15, 0.2) is 30.3 Å². The Morgan fingerprint density at radius 2 is 1.96 bits per heavy atom. The lowest BCUT2D eigenvalue weighted by Gasteiger charge is -2.42. The molecule has 2 fully saturated rings. The number of piperazine rings is 1. The molecule has 2 saturated heterocycles. The number of carbonyl (C=O) groups excluding carboxylic acids is 1. The normalized spacial score (nSPS) is 25.2. The van der Waals surface area contributed by atoms with Crippen LogP contribution in [0.5, 0.6) is 0 Å². The summed E-state index contributed by atoms with van der Waals surface area (Å²) >= 11 is 0. The minimum atomic E-state index is -0.452. The maximum absolute atomic E-state index is 12.7. The number of amides is 1. The van der Waals surface area contributed by atoms with E-state index in [1.54, 1.807) is 0 Å². The van der Waals surface area contributed by atoms with Crippen LogP contribution < -0.4 is 5.32 Å². The molecular weight excluding hydrogens is 314 g/mol. The summed E-state index contributed by atoms with van der Waals surface area (Å²) in [5.74, 6) is 0. The largest absolute Gasteiger partial charge is 0.444 e. The van der Waals surface area contributed by atoms with Crippen molar-refractivity contribution in [3.05, 3.63) is 35.9 Å². The lowest BCUT2D eigenvalue weighted by molar-refractivity contribution is 0.000309. The van der Waals surface area contributed by atoms with Crippen LogP contribution in [0.2, 0.25) is 0 Å². The third-order valence-corrected chi connectivity index (χ3v) is 5.00. The molecule has 2 aliphatic rings. The summed E-state index contributed by atoms with van der Waals surface area (Å²) in [5.41, 5.74) is 0.883. The van der Waals surface area contributed by atoms with Crippen molar-refractivity contribution < 1.29 is 9.53 Å². The summed E-state index contributed by atoms with van der Waals surface area (Å²) in [6, 6.07) is 11.2. The molecule has 1 aromatic carbocycles. The molecule has 0 radical (unpaired) electrons. The number of nitrogens with one attached hydrogen (secondary N) is 1. The quantitative estimate of drug-likeness (QED) is 0.915. The van der Waals surface area contributed by atoms with Crippen LogP contribution in [-0.2, 0) is 11.3 Å². The van der Waals surface area contributed by atoms with E-state index in [-0.39, 0.29) is 12.1 Å². The molecule has 1 amide bonds. The number of likely N-dealkylation sites (tertiary alicyclic amines) is 1. The van der Waals surface area contributed by atoms with Crippen LogP contribution in [0.4, 0.5) is 4.79 Å². The minimum Gasteiger partial charge on any atom is -0.444 e. The van der Waals surface area contributed by atoms with Gasteiger partial charge in [0.1, 0.15) is 5.60 Å². The molecule has 2 aliphatic heterocycles. The Hall–Kier alpha value is -1.59. The Morgan fingerprint density at radius 1 is 1.20 bits per heavy atom. The molecule has 0 spiro atoms. The predicted molar refractivity (Wildman–Crippen MR) is 99.5 cm³/mol. The van der Waals surface area contributed by atoms with E-state index in [1.165, 1.54) is 12.0 Å². The highest BCUT2D eigenvalue weighted by Crippen LogP contribution is 2.27. The van der Waals surface area contributed by atoms with E-state index < -0.39 is 5.60 Å². The van der Waals surface area contributed by atoms with Crippen molar-refractivity contribution in [2.75, 3.05) is 26.2 Å². The molecule has 0 saturated carbocycles. The zero-order chi connectivity index (χ0) is 17.9. The first-order valence-electron chi connectivity index (χ1n) is 9.42. The fourth-order valence-corrected chi connectivity index (χ4v) is 3.92. The van der Waals surface area contributed by atoms with Crippen LogP contribution in [0.1, 0.15) is 39.2 Å². The first-order valence-corrected chi connectivity index (χ1v) is 9.42. The van der Waals surface area contributed by atoms with Gasteiger partial charge in [0.05, 0.1) is 6.04 Å². The predicted octanol–water partition coefficient (Wildman–Crippen LogP) is 2.86. The lowest BCUT2D eigenvalue weighted by Crippen LogP contribution is -2.61. The lowest BCUT2D eigenvalue weighted by atomic mass is 10.0. The second-order valence-corrected chi connectivity index (χ2v) is 8.11. The van der Waals surface area contributed by atoms with Gasteiger partial charge in [0.15, 0.2) is 0 Å². The van der Waals surface area contributed by atoms with E-state index in [0.717, 1.165) is 39.1 Å². The average molecular weight is 345 g/mol. The van der Waals surface area contributed by atoms with Crippen molar-refractivity contribution in [3.8, 4) is 0 Å². The Morgan fingerprint density at radius 3 is 2.68 bits per heavy atom. The SMILES string of the molecule is CC(C)(C)OC(=O)N1CCNCC1C1CCCN1Cc1ccccc1. The van der Waals surface area contributed by atoms with Gasteiger partial charge in [-0.3, -0.25) is 4.90 Å². The molecule has 3 rings (SSSR count). The summed E-state index contributed by atoms with van der Waals surface area (Å²) < 4.78 is 5.66. The van der Waals surface area contributed by atoms with Crippen LogP contribution in [0.3, 0.4) is 0 Å². The summed E-state index contributed by atoms with van der Waals surface area (Å²) in [6.45, 7) is 10.2. The number of nitrogens with zero attached hydrogens (tertiary/aromatic N) is 2. The van der Waals surface area contributed by atoms with E-state index in [1.807, 2.05) is 25.7 Å². The van der Waals surface area contributed by atoms with Crippen LogP contribution in [0, 0.1) is 0 Å². The number of rotatable bonds is 3. The van der Waals surface area contributed by atoms with Gasteiger partial charge in [-0.25, -0.2) is 4.79 Å². The van der Waals surface area contributed by atoms with Crippen molar-refractivity contribution in [2.45, 2.75) is 57.8 Å². The summed E-state index contributed by atoms with van der Waals surface area (Å²) in [6.07, 6.45) is 2.15. The fraction of sp³-hybridized carbons (Fsp3) is 0.650. The Bertz CT molecular complexity index is 570. The number of carbonyl (C=O) groups is 1. The van der Waals surface area contributed by atoms with Crippen molar-refractivity contribution in [1.29, 1.82) is 0 Å². The monoisotopic (exact) mass is 345 g/mol. The molecule has 5 heteroatoms. The standard InChI is InChI=1S/C20H31N3O2/c1-20(2,3)25-19(24)23-13-11-21-14-18(23)17-10-7-12-22(17)15-16-8-5-4-6-9-16/h4-6,8-9,17-18,21H,7,10-15H2,1-3H3. The number of ether oxygens (including phenoxy) is 1. The first kappa shape index (κ1) is 18.2. The second kappa shape index (κ2) is 7.75. The van der Waals surface area contributed by atoms with Gasteiger partial charge in [-0.1, -0.05) is 30.3 Å². The average Bonchev–Trinajstić information content (AvgIpc) is 3.02. The molecule has 2 heterocycles. The van der Waals surface area contributed by atoms with Gasteiger partial charge in [0, 0.05) is 32.2 Å². The third-order valence-electron chi connectivity index (χ3n) is 5.00. The highest BCUT2D eigenvalue weighted by atomic mass is 16.6. The molecule has 25 heavy (non-hydrogen) atoms. The Balaban J connectivity index is 1.71. The van der Waals surface area contributed by atoms with Crippen LogP contribution in [-0.4, -0.2) is 59.8 Å². The van der Waals surface area contributed by atoms with E-state index in [2.05, 4.69) is 40.5 Å². The van der Waals surface area contributed by atoms with Crippen molar-refractivity contribution >= 4 is 6.09 Å². The molecule has 138 valence electrons. The van der Waals surface area contributed by atoms with Gasteiger partial charge in [0.25, 0.3) is 0 Å². The number of benzene rings is 1. The molecule has 0 bridgehead atoms. The first-order chi connectivity index (χ1) is 11.9. The maximum atomic E-state index is 12.7. The van der Waals surface area contributed by atoms with Crippen LogP contribution >= 0.6 is 0 Å². The molecule has 0 aliphatic carbocycles. The van der Waals surface area contributed by atoms with E-state index in [0.29, 0.717) is 6.04 Å². The second-order valence-electron chi connectivity index (χ2n) is 8.11. The van der Waals surface area contributed by atoms with Gasteiger partial charge >= 0.3 is 6.09 Å². The molecule has 1 aromatic rings. The summed E-state index contributed by atoms with van der Waals surface area (Å²) in [5, 5.41) is 3.47. The topological polar surface area (TPSA) is 44.8 Å². The maximum Gasteiger partial charge on any atom is 0.410 e. The molecule has 2 unspecified atom stereocenters. The number of hydrogen-bond donors (Lipinski definition) is 1. The van der Waals surface area contributed by atoms with Gasteiger partial charge in [0.2, 0.25) is 0 Å². The van der Waals surface area contributed by atoms with Gasteiger partial charge in [-0.2, -0.15) is 0 Å². The van der Waals surface area contributed by atoms with E-state index in [4.69, 9.17) is 4.74 Å². The molecular formula is C20H31N3O2. The van der Waals surface area contributed by atoms with Gasteiger partial charge in [-0.15, -0.1) is 0 Å². The fourth-order valence-electron chi connectivity index (χ4n) is 3.92. The minimum absolute atomic E-state index is 0.175.